The minimum absolute atomic E-state index is 0.842. The maximum atomic E-state index is 3.56. The molecule has 0 aliphatic carbocycles. The van der Waals surface area contributed by atoms with Gasteiger partial charge in [-0.05, 0) is 24.2 Å². The van der Waals surface area contributed by atoms with Crippen LogP contribution in [0, 0.1) is 0 Å². The SMILES string of the molecule is CN1CCN(Cc2ccccc2NC/C=C/c2ccccc2)CC1. The van der Waals surface area contributed by atoms with Crippen molar-refractivity contribution in [3.05, 3.63) is 71.8 Å². The maximum absolute atomic E-state index is 3.56. The van der Waals surface area contributed by atoms with Crippen molar-refractivity contribution < 1.29 is 0 Å². The van der Waals surface area contributed by atoms with Crippen LogP contribution in [-0.4, -0.2) is 49.6 Å². The number of piperazine rings is 1. The Morgan fingerprint density at radius 2 is 1.62 bits per heavy atom. The van der Waals surface area contributed by atoms with E-state index < -0.39 is 0 Å². The van der Waals surface area contributed by atoms with Crippen LogP contribution in [0.15, 0.2) is 60.7 Å². The van der Waals surface area contributed by atoms with Gasteiger partial charge < -0.3 is 10.2 Å². The van der Waals surface area contributed by atoms with E-state index >= 15 is 0 Å². The summed E-state index contributed by atoms with van der Waals surface area (Å²) in [5.41, 5.74) is 3.87. The fourth-order valence-corrected chi connectivity index (χ4v) is 3.01. The van der Waals surface area contributed by atoms with Gasteiger partial charge >= 0.3 is 0 Å². The summed E-state index contributed by atoms with van der Waals surface area (Å²) in [7, 11) is 2.20. The number of nitrogens with one attached hydrogen (secondary N) is 1. The Balaban J connectivity index is 1.55. The molecule has 3 nitrogen and oxygen atoms in total. The minimum Gasteiger partial charge on any atom is -0.381 e. The highest BCUT2D eigenvalue weighted by Gasteiger charge is 2.14. The molecule has 1 saturated heterocycles. The molecule has 0 bridgehead atoms. The van der Waals surface area contributed by atoms with Crippen LogP contribution in [0.3, 0.4) is 0 Å². The summed E-state index contributed by atoms with van der Waals surface area (Å²) in [5, 5.41) is 3.56. The number of hydrogen-bond donors (Lipinski definition) is 1. The molecule has 24 heavy (non-hydrogen) atoms. The van der Waals surface area contributed by atoms with E-state index in [-0.39, 0.29) is 0 Å². The van der Waals surface area contributed by atoms with Crippen molar-refractivity contribution in [2.75, 3.05) is 45.1 Å². The van der Waals surface area contributed by atoms with Crippen molar-refractivity contribution in [1.29, 1.82) is 0 Å². The molecule has 0 aromatic heterocycles. The summed E-state index contributed by atoms with van der Waals surface area (Å²) in [5.74, 6) is 0. The molecule has 2 aromatic carbocycles. The van der Waals surface area contributed by atoms with Crippen LogP contribution in [0.1, 0.15) is 11.1 Å². The largest absolute Gasteiger partial charge is 0.381 e. The summed E-state index contributed by atoms with van der Waals surface area (Å²) in [4.78, 5) is 4.94. The van der Waals surface area contributed by atoms with Crippen LogP contribution in [0.2, 0.25) is 0 Å². The zero-order valence-electron chi connectivity index (χ0n) is 14.5. The first kappa shape index (κ1) is 16.7. The van der Waals surface area contributed by atoms with Gasteiger partial charge in [0.25, 0.3) is 0 Å². The molecule has 0 atom stereocenters. The second kappa shape index (κ2) is 8.67. The molecule has 3 heteroatoms. The van der Waals surface area contributed by atoms with Gasteiger partial charge in [-0.1, -0.05) is 60.7 Å². The minimum atomic E-state index is 0.842. The Morgan fingerprint density at radius 3 is 2.42 bits per heavy atom. The van der Waals surface area contributed by atoms with Gasteiger partial charge in [-0.15, -0.1) is 0 Å². The van der Waals surface area contributed by atoms with Gasteiger partial charge in [-0.3, -0.25) is 4.90 Å². The van der Waals surface area contributed by atoms with Gasteiger partial charge in [0, 0.05) is 45.0 Å². The quantitative estimate of drug-likeness (QED) is 0.877. The van der Waals surface area contributed by atoms with Gasteiger partial charge in [-0.2, -0.15) is 0 Å². The average molecular weight is 321 g/mol. The van der Waals surface area contributed by atoms with Crippen molar-refractivity contribution in [3.8, 4) is 0 Å². The predicted octanol–water partition coefficient (Wildman–Crippen LogP) is 3.56. The zero-order chi connectivity index (χ0) is 16.6. The lowest BCUT2D eigenvalue weighted by Gasteiger charge is -2.32. The second-order valence-electron chi connectivity index (χ2n) is 6.43. The van der Waals surface area contributed by atoms with E-state index in [1.807, 2.05) is 6.07 Å². The molecule has 1 aliphatic heterocycles. The van der Waals surface area contributed by atoms with Crippen LogP contribution in [0.5, 0.6) is 0 Å². The van der Waals surface area contributed by atoms with Gasteiger partial charge in [0.05, 0.1) is 0 Å². The van der Waals surface area contributed by atoms with Crippen molar-refractivity contribution in [3.63, 3.8) is 0 Å². The Morgan fingerprint density at radius 1 is 0.917 bits per heavy atom. The first-order valence-corrected chi connectivity index (χ1v) is 8.75. The molecular weight excluding hydrogens is 294 g/mol. The summed E-state index contributed by atoms with van der Waals surface area (Å²) < 4.78 is 0. The fourth-order valence-electron chi connectivity index (χ4n) is 3.01. The number of para-hydroxylation sites is 1. The van der Waals surface area contributed by atoms with Crippen molar-refractivity contribution in [2.45, 2.75) is 6.54 Å². The highest BCUT2D eigenvalue weighted by Crippen LogP contribution is 2.18. The first-order valence-electron chi connectivity index (χ1n) is 8.75. The monoisotopic (exact) mass is 321 g/mol. The molecular formula is C21H27N3. The first-order chi connectivity index (χ1) is 11.8. The normalized spacial score (nSPS) is 16.5. The molecule has 1 aliphatic rings. The Kier molecular flexibility index (Phi) is 6.05. The topological polar surface area (TPSA) is 18.5 Å². The summed E-state index contributed by atoms with van der Waals surface area (Å²) >= 11 is 0. The van der Waals surface area contributed by atoms with Gasteiger partial charge in [0.2, 0.25) is 0 Å². The number of anilines is 1. The fraction of sp³-hybridized carbons (Fsp3) is 0.333. The third kappa shape index (κ3) is 4.95. The highest BCUT2D eigenvalue weighted by molar-refractivity contribution is 5.54. The molecule has 3 rings (SSSR count). The van der Waals surface area contributed by atoms with Crippen LogP contribution < -0.4 is 5.32 Å². The van der Waals surface area contributed by atoms with Crippen LogP contribution >= 0.6 is 0 Å². The molecule has 0 amide bonds. The average Bonchev–Trinajstić information content (AvgIpc) is 2.63. The standard InChI is InChI=1S/C21H27N3/c1-23-14-16-24(17-15-23)18-20-11-5-6-12-21(20)22-13-7-10-19-8-3-2-4-9-19/h2-12,22H,13-18H2,1H3/b10-7+. The Labute approximate surface area is 145 Å². The number of rotatable bonds is 6. The van der Waals surface area contributed by atoms with E-state index in [2.05, 4.69) is 82.8 Å². The maximum Gasteiger partial charge on any atom is 0.0388 e. The number of likely N-dealkylation sites (N-methyl/N-ethyl adjacent to an activating group) is 1. The molecule has 126 valence electrons. The number of hydrogen-bond acceptors (Lipinski definition) is 3. The van der Waals surface area contributed by atoms with Gasteiger partial charge in [0.15, 0.2) is 0 Å². The van der Waals surface area contributed by atoms with E-state index in [0.717, 1.165) is 39.3 Å². The molecule has 0 radical (unpaired) electrons. The van der Waals surface area contributed by atoms with E-state index in [9.17, 15) is 0 Å². The van der Waals surface area contributed by atoms with E-state index in [0.29, 0.717) is 0 Å². The lowest BCUT2D eigenvalue weighted by molar-refractivity contribution is 0.148. The lowest BCUT2D eigenvalue weighted by Crippen LogP contribution is -2.43. The molecule has 0 saturated carbocycles. The number of benzene rings is 2. The Bertz CT molecular complexity index is 643. The molecule has 1 N–H and O–H groups in total. The molecule has 0 unspecified atom stereocenters. The molecule has 1 fully saturated rings. The van der Waals surface area contributed by atoms with Crippen molar-refractivity contribution >= 4 is 11.8 Å². The van der Waals surface area contributed by atoms with Crippen molar-refractivity contribution in [2.24, 2.45) is 0 Å². The second-order valence-corrected chi connectivity index (χ2v) is 6.43. The molecule has 2 aromatic rings. The third-order valence-electron chi connectivity index (χ3n) is 4.53. The highest BCUT2D eigenvalue weighted by atomic mass is 15.2. The Hall–Kier alpha value is -2.10. The summed E-state index contributed by atoms with van der Waals surface area (Å²) in [6.45, 7) is 6.50. The van der Waals surface area contributed by atoms with Crippen molar-refractivity contribution in [1.82, 2.24) is 9.80 Å². The third-order valence-corrected chi connectivity index (χ3v) is 4.53. The van der Waals surface area contributed by atoms with E-state index in [1.165, 1.54) is 16.8 Å². The van der Waals surface area contributed by atoms with Gasteiger partial charge in [0.1, 0.15) is 0 Å². The lowest BCUT2D eigenvalue weighted by atomic mass is 10.1. The van der Waals surface area contributed by atoms with E-state index in [1.54, 1.807) is 0 Å². The van der Waals surface area contributed by atoms with Crippen LogP contribution in [0.4, 0.5) is 5.69 Å². The van der Waals surface area contributed by atoms with Gasteiger partial charge in [-0.25, -0.2) is 0 Å². The van der Waals surface area contributed by atoms with Crippen LogP contribution in [0.25, 0.3) is 6.08 Å². The molecule has 1 heterocycles. The predicted molar refractivity (Wildman–Crippen MR) is 103 cm³/mol. The smallest absolute Gasteiger partial charge is 0.0388 e. The summed E-state index contributed by atoms with van der Waals surface area (Å²) in [6.07, 6.45) is 4.35. The van der Waals surface area contributed by atoms with E-state index in [4.69, 9.17) is 0 Å². The molecule has 0 spiro atoms. The van der Waals surface area contributed by atoms with Crippen LogP contribution in [-0.2, 0) is 6.54 Å². The summed E-state index contributed by atoms with van der Waals surface area (Å²) in [6, 6.07) is 19.1. The number of nitrogens with zero attached hydrogens (tertiary/aromatic N) is 2. The zero-order valence-corrected chi connectivity index (χ0v) is 14.5.